The Morgan fingerprint density at radius 1 is 1.53 bits per heavy atom. The Balaban J connectivity index is 2.35. The van der Waals surface area contributed by atoms with Crippen LogP contribution in [0.15, 0.2) is 16.6 Å². The minimum atomic E-state index is -0.419. The number of methoxy groups -OCH3 is 1. The number of hydrogen-bond acceptors (Lipinski definition) is 2. The zero-order valence-corrected chi connectivity index (χ0v) is 11.4. The van der Waals surface area contributed by atoms with Crippen molar-refractivity contribution in [3.8, 4) is 5.75 Å². The Labute approximate surface area is 108 Å². The topological polar surface area (TPSA) is 26.3 Å². The predicted octanol–water partition coefficient (Wildman–Crippen LogP) is 3.83. The number of halogens is 2. The molecule has 2 nitrogen and oxygen atoms in total. The minimum absolute atomic E-state index is 0.0127. The van der Waals surface area contributed by atoms with E-state index in [0.29, 0.717) is 21.7 Å². The summed E-state index contributed by atoms with van der Waals surface area (Å²) in [5, 5.41) is 0. The molecule has 17 heavy (non-hydrogen) atoms. The molecule has 1 aromatic carbocycles. The standard InChI is InChI=1S/C13H14BrFO2/c1-7(8-3-4-8)13(16)9-5-10(14)11(15)6-12(9)17-2/h5-8H,3-4H2,1-2H3. The van der Waals surface area contributed by atoms with Crippen LogP contribution in [0.1, 0.15) is 30.1 Å². The van der Waals surface area contributed by atoms with Crippen LogP contribution >= 0.6 is 15.9 Å². The van der Waals surface area contributed by atoms with E-state index in [4.69, 9.17) is 4.74 Å². The molecular weight excluding hydrogens is 287 g/mol. The van der Waals surface area contributed by atoms with Crippen LogP contribution in [0.25, 0.3) is 0 Å². The van der Waals surface area contributed by atoms with E-state index in [1.807, 2.05) is 6.92 Å². The molecule has 1 aromatic rings. The molecule has 1 saturated carbocycles. The van der Waals surface area contributed by atoms with Crippen molar-refractivity contribution < 1.29 is 13.9 Å². The van der Waals surface area contributed by atoms with Gasteiger partial charge in [0.15, 0.2) is 5.78 Å². The van der Waals surface area contributed by atoms with Crippen molar-refractivity contribution in [2.45, 2.75) is 19.8 Å². The van der Waals surface area contributed by atoms with E-state index in [2.05, 4.69) is 15.9 Å². The summed E-state index contributed by atoms with van der Waals surface area (Å²) in [6.45, 7) is 1.93. The molecule has 4 heteroatoms. The van der Waals surface area contributed by atoms with E-state index in [-0.39, 0.29) is 11.7 Å². The van der Waals surface area contributed by atoms with Gasteiger partial charge in [-0.1, -0.05) is 6.92 Å². The monoisotopic (exact) mass is 300 g/mol. The summed E-state index contributed by atoms with van der Waals surface area (Å²) in [6.07, 6.45) is 2.22. The molecule has 0 N–H and O–H groups in total. The minimum Gasteiger partial charge on any atom is -0.496 e. The molecule has 0 radical (unpaired) electrons. The van der Waals surface area contributed by atoms with Crippen molar-refractivity contribution in [2.24, 2.45) is 11.8 Å². The first-order valence-electron chi connectivity index (χ1n) is 5.62. The van der Waals surface area contributed by atoms with Crippen molar-refractivity contribution >= 4 is 21.7 Å². The summed E-state index contributed by atoms with van der Waals surface area (Å²) in [4.78, 5) is 12.2. The van der Waals surface area contributed by atoms with E-state index >= 15 is 0 Å². The van der Waals surface area contributed by atoms with Crippen molar-refractivity contribution in [1.82, 2.24) is 0 Å². The SMILES string of the molecule is COc1cc(F)c(Br)cc1C(=O)C(C)C1CC1. The Hall–Kier alpha value is -0.900. The number of ketones is 1. The van der Waals surface area contributed by atoms with E-state index < -0.39 is 5.82 Å². The number of Topliss-reactive ketones (excluding diaryl/α,β-unsaturated/α-hetero) is 1. The highest BCUT2D eigenvalue weighted by atomic mass is 79.9. The summed E-state index contributed by atoms with van der Waals surface area (Å²) >= 11 is 3.10. The molecule has 0 saturated heterocycles. The van der Waals surface area contributed by atoms with E-state index in [1.165, 1.54) is 19.2 Å². The molecule has 1 aliphatic rings. The maximum absolute atomic E-state index is 13.3. The zero-order valence-electron chi connectivity index (χ0n) is 9.80. The number of carbonyl (C=O) groups excluding carboxylic acids is 1. The van der Waals surface area contributed by atoms with Gasteiger partial charge < -0.3 is 4.74 Å². The highest BCUT2D eigenvalue weighted by Crippen LogP contribution is 2.39. The molecule has 0 aromatic heterocycles. The molecule has 1 unspecified atom stereocenters. The number of carbonyl (C=O) groups is 1. The van der Waals surface area contributed by atoms with E-state index in [1.54, 1.807) is 0 Å². The molecular formula is C13H14BrFO2. The van der Waals surface area contributed by atoms with Gasteiger partial charge in [-0.3, -0.25) is 4.79 Å². The van der Waals surface area contributed by atoms with Gasteiger partial charge >= 0.3 is 0 Å². The predicted molar refractivity (Wildman–Crippen MR) is 66.9 cm³/mol. The fourth-order valence-corrected chi connectivity index (χ4v) is 2.29. The molecule has 0 heterocycles. The van der Waals surface area contributed by atoms with Crippen LogP contribution in [0.3, 0.4) is 0 Å². The van der Waals surface area contributed by atoms with Gasteiger partial charge in [-0.2, -0.15) is 0 Å². The molecule has 1 aliphatic carbocycles. The van der Waals surface area contributed by atoms with Crippen LogP contribution in [0.5, 0.6) is 5.75 Å². The fourth-order valence-electron chi connectivity index (χ4n) is 1.95. The third kappa shape index (κ3) is 2.51. The molecule has 92 valence electrons. The van der Waals surface area contributed by atoms with E-state index in [9.17, 15) is 9.18 Å². The fraction of sp³-hybridized carbons (Fsp3) is 0.462. The molecule has 0 bridgehead atoms. The van der Waals surface area contributed by atoms with Gasteiger partial charge in [0.2, 0.25) is 0 Å². The Kier molecular flexibility index (Phi) is 3.52. The summed E-state index contributed by atoms with van der Waals surface area (Å²) in [7, 11) is 1.45. The second kappa shape index (κ2) is 4.77. The van der Waals surface area contributed by atoms with Crippen LogP contribution in [-0.4, -0.2) is 12.9 Å². The van der Waals surface area contributed by atoms with Crippen LogP contribution in [-0.2, 0) is 0 Å². The number of ether oxygens (including phenoxy) is 1. The zero-order chi connectivity index (χ0) is 12.6. The smallest absolute Gasteiger partial charge is 0.169 e. The first-order valence-corrected chi connectivity index (χ1v) is 6.41. The third-order valence-electron chi connectivity index (χ3n) is 3.25. The summed E-state index contributed by atoms with van der Waals surface area (Å²) in [5.74, 6) is 0.392. The lowest BCUT2D eigenvalue weighted by Gasteiger charge is -2.13. The lowest BCUT2D eigenvalue weighted by Crippen LogP contribution is -2.14. The summed E-state index contributed by atoms with van der Waals surface area (Å²) < 4.78 is 18.7. The number of hydrogen-bond donors (Lipinski definition) is 0. The van der Waals surface area contributed by atoms with Crippen LogP contribution < -0.4 is 4.74 Å². The molecule has 0 aliphatic heterocycles. The molecule has 1 fully saturated rings. The van der Waals surface area contributed by atoms with Gasteiger partial charge in [-0.25, -0.2) is 4.39 Å². The lowest BCUT2D eigenvalue weighted by molar-refractivity contribution is 0.0913. The Bertz CT molecular complexity index is 455. The first kappa shape index (κ1) is 12.6. The quantitative estimate of drug-likeness (QED) is 0.790. The Morgan fingerprint density at radius 2 is 2.18 bits per heavy atom. The van der Waals surface area contributed by atoms with Crippen molar-refractivity contribution in [3.05, 3.63) is 28.0 Å². The normalized spacial score (nSPS) is 16.7. The second-order valence-electron chi connectivity index (χ2n) is 4.46. The first-order chi connectivity index (χ1) is 8.04. The maximum Gasteiger partial charge on any atom is 0.169 e. The van der Waals surface area contributed by atoms with Crippen LogP contribution in [0.2, 0.25) is 0 Å². The van der Waals surface area contributed by atoms with Gasteiger partial charge in [-0.15, -0.1) is 0 Å². The highest BCUT2D eigenvalue weighted by Gasteiger charge is 2.34. The second-order valence-corrected chi connectivity index (χ2v) is 5.31. The summed E-state index contributed by atoms with van der Waals surface area (Å²) in [5.41, 5.74) is 0.458. The van der Waals surface area contributed by atoms with Gasteiger partial charge in [0.05, 0.1) is 17.1 Å². The average Bonchev–Trinajstić information content (AvgIpc) is 3.14. The number of rotatable bonds is 4. The highest BCUT2D eigenvalue weighted by molar-refractivity contribution is 9.10. The molecule has 1 atom stereocenters. The van der Waals surface area contributed by atoms with Crippen molar-refractivity contribution in [3.63, 3.8) is 0 Å². The molecule has 2 rings (SSSR count). The number of benzene rings is 1. The largest absolute Gasteiger partial charge is 0.496 e. The summed E-state index contributed by atoms with van der Waals surface area (Å²) in [6, 6.07) is 2.76. The maximum atomic E-state index is 13.3. The van der Waals surface area contributed by atoms with Crippen molar-refractivity contribution in [1.29, 1.82) is 0 Å². The van der Waals surface area contributed by atoms with Gasteiger partial charge in [0, 0.05) is 12.0 Å². The van der Waals surface area contributed by atoms with E-state index in [0.717, 1.165) is 12.8 Å². The molecule has 0 amide bonds. The van der Waals surface area contributed by atoms with Gasteiger partial charge in [0.25, 0.3) is 0 Å². The van der Waals surface area contributed by atoms with Gasteiger partial charge in [-0.05, 0) is 40.8 Å². The molecule has 0 spiro atoms. The van der Waals surface area contributed by atoms with Gasteiger partial charge in [0.1, 0.15) is 11.6 Å². The third-order valence-corrected chi connectivity index (χ3v) is 3.86. The van der Waals surface area contributed by atoms with Crippen LogP contribution in [0.4, 0.5) is 4.39 Å². The lowest BCUT2D eigenvalue weighted by atomic mass is 9.94. The average molecular weight is 301 g/mol. The van der Waals surface area contributed by atoms with Crippen molar-refractivity contribution in [2.75, 3.05) is 7.11 Å². The van der Waals surface area contributed by atoms with Crippen LogP contribution in [0, 0.1) is 17.7 Å². The Morgan fingerprint density at radius 3 is 2.71 bits per heavy atom.